The molecule has 0 bridgehead atoms. The Labute approximate surface area is 209 Å². The van der Waals surface area contributed by atoms with Crippen LogP contribution in [0.4, 0.5) is 23.5 Å². The Morgan fingerprint density at radius 1 is 0.946 bits per heavy atom. The Kier molecular flexibility index (Phi) is 6.28. The number of rotatable bonds is 5. The molecule has 3 heterocycles. The Bertz CT molecular complexity index is 1550. The number of aromatic nitrogens is 3. The zero-order chi connectivity index (χ0) is 26.2. The zero-order valence-corrected chi connectivity index (χ0v) is 19.7. The number of benzene rings is 2. The van der Waals surface area contributed by atoms with Gasteiger partial charge in [-0.1, -0.05) is 12.1 Å². The fraction of sp³-hybridized carbons (Fsp3) is 0.160. The highest BCUT2D eigenvalue weighted by Crippen LogP contribution is 2.44. The number of hydrogen-bond acceptors (Lipinski definition) is 6. The second-order valence-corrected chi connectivity index (χ2v) is 9.92. The minimum atomic E-state index is -4.58. The molecule has 7 nitrogen and oxygen atoms in total. The summed E-state index contributed by atoms with van der Waals surface area (Å²) in [6.07, 6.45) is -0.176. The van der Waals surface area contributed by atoms with E-state index in [9.17, 15) is 26.0 Å². The molecule has 0 fully saturated rings. The third-order valence-corrected chi connectivity index (χ3v) is 7.25. The molecule has 0 saturated heterocycles. The number of hydrogen-bond donors (Lipinski definition) is 1. The average molecular weight is 531 g/mol. The number of halogens is 4. The van der Waals surface area contributed by atoms with Crippen molar-refractivity contribution in [1.29, 1.82) is 0 Å². The molecule has 1 unspecified atom stereocenters. The molecular weight excluding hydrogens is 512 g/mol. The molecule has 0 radical (unpaired) electrons. The van der Waals surface area contributed by atoms with Crippen LogP contribution < -0.4 is 9.46 Å². The van der Waals surface area contributed by atoms with Gasteiger partial charge >= 0.3 is 6.18 Å². The van der Waals surface area contributed by atoms with E-state index in [-0.39, 0.29) is 28.8 Å². The van der Waals surface area contributed by atoms with E-state index >= 15 is 0 Å². The maximum Gasteiger partial charge on any atom is 0.416 e. The van der Waals surface area contributed by atoms with Gasteiger partial charge in [-0.2, -0.15) is 17.6 Å². The fourth-order valence-corrected chi connectivity index (χ4v) is 5.19. The van der Waals surface area contributed by atoms with Crippen LogP contribution >= 0.6 is 0 Å². The number of nitrogens with one attached hydrogen (secondary N) is 1. The summed E-state index contributed by atoms with van der Waals surface area (Å²) >= 11 is 0. The molecule has 5 rings (SSSR count). The highest BCUT2D eigenvalue weighted by Gasteiger charge is 2.33. The van der Waals surface area contributed by atoms with Crippen LogP contribution in [0.15, 0.2) is 78.1 Å². The minimum Gasteiger partial charge on any atom is -0.493 e. The summed E-state index contributed by atoms with van der Waals surface area (Å²) in [5.74, 6) is -0.970. The highest BCUT2D eigenvalue weighted by atomic mass is 32.2. The molecule has 1 N–H and O–H groups in total. The van der Waals surface area contributed by atoms with E-state index in [1.54, 1.807) is 12.1 Å². The van der Waals surface area contributed by atoms with Crippen molar-refractivity contribution in [1.82, 2.24) is 15.0 Å². The first-order valence-corrected chi connectivity index (χ1v) is 12.5. The van der Waals surface area contributed by atoms with Gasteiger partial charge in [0.15, 0.2) is 0 Å². The van der Waals surface area contributed by atoms with Gasteiger partial charge in [-0.25, -0.2) is 28.1 Å². The van der Waals surface area contributed by atoms with E-state index < -0.39 is 33.6 Å². The van der Waals surface area contributed by atoms with E-state index in [1.165, 1.54) is 42.9 Å². The second-order valence-electron chi connectivity index (χ2n) is 8.24. The Hall–Kier alpha value is -4.06. The van der Waals surface area contributed by atoms with Crippen molar-refractivity contribution < 1.29 is 30.7 Å². The molecule has 37 heavy (non-hydrogen) atoms. The molecule has 1 aliphatic heterocycles. The molecule has 4 aromatic rings. The number of ether oxygens (including phenoxy) is 1. The lowest BCUT2D eigenvalue weighted by molar-refractivity contribution is -0.137. The Morgan fingerprint density at radius 3 is 2.41 bits per heavy atom. The second kappa shape index (κ2) is 9.43. The first-order chi connectivity index (χ1) is 17.6. The summed E-state index contributed by atoms with van der Waals surface area (Å²) in [4.78, 5) is 11.2. The van der Waals surface area contributed by atoms with E-state index in [1.807, 2.05) is 0 Å². The molecule has 1 aliphatic rings. The number of sulfonamides is 1. The molecule has 0 aliphatic carbocycles. The van der Waals surface area contributed by atoms with Crippen molar-refractivity contribution in [3.63, 3.8) is 0 Å². The molecule has 0 spiro atoms. The number of pyridine rings is 1. The van der Waals surface area contributed by atoms with Crippen LogP contribution in [-0.2, 0) is 16.2 Å². The normalized spacial score (nSPS) is 15.5. The van der Waals surface area contributed by atoms with Gasteiger partial charge in [-0.3, -0.25) is 0 Å². The van der Waals surface area contributed by atoms with Gasteiger partial charge in [0, 0.05) is 41.7 Å². The summed E-state index contributed by atoms with van der Waals surface area (Å²) in [7, 11) is -4.03. The van der Waals surface area contributed by atoms with Crippen LogP contribution in [0.1, 0.15) is 29.0 Å². The van der Waals surface area contributed by atoms with Crippen molar-refractivity contribution >= 4 is 16.0 Å². The summed E-state index contributed by atoms with van der Waals surface area (Å²) in [6, 6.07) is 11.7. The topological polar surface area (TPSA) is 94.1 Å². The molecular formula is C25H18F4N4O3S. The van der Waals surface area contributed by atoms with E-state index in [2.05, 4.69) is 19.7 Å². The SMILES string of the molecule is O=S(=O)(Nc1ncccn1)c1ccc2c(c1)OCCC2c1ccc(C(F)(F)F)cc1-c1ccc(F)nc1. The summed E-state index contributed by atoms with van der Waals surface area (Å²) in [6.45, 7) is 0.207. The highest BCUT2D eigenvalue weighted by molar-refractivity contribution is 7.92. The largest absolute Gasteiger partial charge is 0.493 e. The molecule has 0 amide bonds. The van der Waals surface area contributed by atoms with Gasteiger partial charge in [0.2, 0.25) is 11.9 Å². The summed E-state index contributed by atoms with van der Waals surface area (Å²) < 4.78 is 87.7. The smallest absolute Gasteiger partial charge is 0.416 e. The van der Waals surface area contributed by atoms with Gasteiger partial charge in [0.1, 0.15) is 5.75 Å². The first kappa shape index (κ1) is 24.6. The van der Waals surface area contributed by atoms with Crippen molar-refractivity contribution in [2.45, 2.75) is 23.4 Å². The maximum atomic E-state index is 13.5. The van der Waals surface area contributed by atoms with Gasteiger partial charge in [-0.05, 0) is 53.9 Å². The third kappa shape index (κ3) is 5.10. The van der Waals surface area contributed by atoms with Crippen molar-refractivity contribution in [3.8, 4) is 16.9 Å². The van der Waals surface area contributed by atoms with Gasteiger partial charge in [0.05, 0.1) is 17.1 Å². The maximum absolute atomic E-state index is 13.5. The van der Waals surface area contributed by atoms with E-state index in [4.69, 9.17) is 4.74 Å². The van der Waals surface area contributed by atoms with Gasteiger partial charge < -0.3 is 4.74 Å². The molecule has 2 aromatic heterocycles. The lowest BCUT2D eigenvalue weighted by Gasteiger charge is -2.29. The minimum absolute atomic E-state index is 0.0882. The van der Waals surface area contributed by atoms with Crippen molar-refractivity contribution in [2.75, 3.05) is 11.3 Å². The van der Waals surface area contributed by atoms with Crippen molar-refractivity contribution in [2.24, 2.45) is 0 Å². The zero-order valence-electron chi connectivity index (χ0n) is 18.9. The first-order valence-electron chi connectivity index (χ1n) is 11.0. The fourth-order valence-electron chi connectivity index (χ4n) is 4.21. The van der Waals surface area contributed by atoms with Crippen LogP contribution in [0.3, 0.4) is 0 Å². The standard InChI is InChI=1S/C25H18F4N4O3S/c26-23-7-2-15(14-32-23)21-12-16(25(27,28)29)3-5-18(21)19-8-11-36-22-13-17(4-6-20(19)22)37(34,35)33-24-30-9-1-10-31-24/h1-7,9-10,12-14,19H,8,11H2,(H,30,31,33). The molecule has 2 aromatic carbocycles. The molecule has 1 atom stereocenters. The number of nitrogens with zero attached hydrogens (tertiary/aromatic N) is 3. The van der Waals surface area contributed by atoms with Crippen LogP contribution in [0.25, 0.3) is 11.1 Å². The summed E-state index contributed by atoms with van der Waals surface area (Å²) in [5, 5.41) is 0. The van der Waals surface area contributed by atoms with E-state index in [0.717, 1.165) is 18.2 Å². The van der Waals surface area contributed by atoms with Crippen LogP contribution in [0, 0.1) is 5.95 Å². The van der Waals surface area contributed by atoms with Gasteiger partial charge in [0.25, 0.3) is 10.0 Å². The summed E-state index contributed by atoms with van der Waals surface area (Å²) in [5.41, 5.74) is 0.884. The lowest BCUT2D eigenvalue weighted by atomic mass is 9.82. The number of alkyl halides is 3. The van der Waals surface area contributed by atoms with Crippen LogP contribution in [0.2, 0.25) is 0 Å². The number of fused-ring (bicyclic) bond motifs is 1. The van der Waals surface area contributed by atoms with Gasteiger partial charge in [-0.15, -0.1) is 0 Å². The van der Waals surface area contributed by atoms with Crippen molar-refractivity contribution in [3.05, 3.63) is 95.8 Å². The molecule has 190 valence electrons. The third-order valence-electron chi connectivity index (χ3n) is 5.92. The lowest BCUT2D eigenvalue weighted by Crippen LogP contribution is -2.19. The number of anilines is 1. The van der Waals surface area contributed by atoms with E-state index in [0.29, 0.717) is 23.1 Å². The molecule has 0 saturated carbocycles. The van der Waals surface area contributed by atoms with Crippen LogP contribution in [0.5, 0.6) is 5.75 Å². The molecule has 12 heteroatoms. The Balaban J connectivity index is 1.56. The average Bonchev–Trinajstić information content (AvgIpc) is 2.88. The predicted octanol–water partition coefficient (Wildman–Crippen LogP) is 5.41. The predicted molar refractivity (Wildman–Crippen MR) is 126 cm³/mol. The Morgan fingerprint density at radius 2 is 1.70 bits per heavy atom. The quantitative estimate of drug-likeness (QED) is 0.274. The monoisotopic (exact) mass is 530 g/mol. The van der Waals surface area contributed by atoms with Crippen LogP contribution in [-0.4, -0.2) is 30.0 Å².